The Morgan fingerprint density at radius 2 is 2.06 bits per heavy atom. The van der Waals surface area contributed by atoms with Crippen LogP contribution in [-0.2, 0) is 19.4 Å². The van der Waals surface area contributed by atoms with Crippen molar-refractivity contribution in [3.63, 3.8) is 0 Å². The van der Waals surface area contributed by atoms with Crippen LogP contribution in [0, 0.1) is 5.92 Å². The molecule has 0 bridgehead atoms. The Morgan fingerprint density at radius 3 is 2.59 bits per heavy atom. The summed E-state index contributed by atoms with van der Waals surface area (Å²) in [6.45, 7) is 9.68. The van der Waals surface area contributed by atoms with Gasteiger partial charge in [0.25, 0.3) is 0 Å². The van der Waals surface area contributed by atoms with Crippen molar-refractivity contribution in [1.29, 1.82) is 0 Å². The third-order valence-electron chi connectivity index (χ3n) is 3.50. The fraction of sp³-hybridized carbons (Fsp3) is 0.786. The van der Waals surface area contributed by atoms with Crippen LogP contribution in [0.4, 0.5) is 0 Å². The molecule has 0 amide bonds. The largest absolute Gasteiger partial charge is 0.327 e. The van der Waals surface area contributed by atoms with Gasteiger partial charge in [-0.2, -0.15) is 5.10 Å². The van der Waals surface area contributed by atoms with Crippen molar-refractivity contribution >= 4 is 0 Å². The van der Waals surface area contributed by atoms with E-state index in [-0.39, 0.29) is 6.04 Å². The number of aromatic nitrogens is 2. The normalized spacial score (nSPS) is 14.9. The van der Waals surface area contributed by atoms with Crippen LogP contribution in [0.15, 0.2) is 6.07 Å². The first kappa shape index (κ1) is 14.2. The number of nitrogens with two attached hydrogens (primary N) is 1. The van der Waals surface area contributed by atoms with E-state index in [2.05, 4.69) is 43.5 Å². The van der Waals surface area contributed by atoms with E-state index < -0.39 is 0 Å². The number of rotatable bonds is 7. The van der Waals surface area contributed by atoms with E-state index in [9.17, 15) is 0 Å². The molecule has 1 rings (SSSR count). The molecule has 0 radical (unpaired) electrons. The lowest BCUT2D eigenvalue weighted by Crippen LogP contribution is -2.31. The lowest BCUT2D eigenvalue weighted by Gasteiger charge is -2.19. The zero-order valence-corrected chi connectivity index (χ0v) is 11.7. The summed E-state index contributed by atoms with van der Waals surface area (Å²) >= 11 is 0. The fourth-order valence-corrected chi connectivity index (χ4v) is 2.24. The van der Waals surface area contributed by atoms with Gasteiger partial charge in [-0.15, -0.1) is 0 Å². The Morgan fingerprint density at radius 1 is 1.35 bits per heavy atom. The fourth-order valence-electron chi connectivity index (χ4n) is 2.24. The summed E-state index contributed by atoms with van der Waals surface area (Å²) < 4.78 is 2.09. The molecule has 2 unspecified atom stereocenters. The van der Waals surface area contributed by atoms with Crippen LogP contribution in [0.3, 0.4) is 0 Å². The maximum Gasteiger partial charge on any atom is 0.0624 e. The molecule has 1 aromatic heterocycles. The Labute approximate surface area is 105 Å². The molecule has 2 N–H and O–H groups in total. The molecule has 17 heavy (non-hydrogen) atoms. The molecule has 0 aromatic carbocycles. The van der Waals surface area contributed by atoms with Crippen LogP contribution in [0.2, 0.25) is 0 Å². The predicted molar refractivity (Wildman–Crippen MR) is 73.0 cm³/mol. The summed E-state index contributed by atoms with van der Waals surface area (Å²) in [4.78, 5) is 0. The molecule has 3 heteroatoms. The van der Waals surface area contributed by atoms with Crippen LogP contribution in [0.1, 0.15) is 51.9 Å². The average molecular weight is 237 g/mol. The first-order valence-electron chi connectivity index (χ1n) is 6.93. The third-order valence-corrected chi connectivity index (χ3v) is 3.50. The van der Waals surface area contributed by atoms with Crippen molar-refractivity contribution in [2.45, 2.75) is 66.0 Å². The summed E-state index contributed by atoms with van der Waals surface area (Å²) in [6.07, 6.45) is 4.37. The predicted octanol–water partition coefficient (Wildman–Crippen LogP) is 2.77. The molecule has 0 aliphatic carbocycles. The van der Waals surface area contributed by atoms with Gasteiger partial charge in [0.05, 0.1) is 5.69 Å². The Balaban J connectivity index is 2.69. The van der Waals surface area contributed by atoms with E-state index in [0.29, 0.717) is 5.92 Å². The molecule has 0 aliphatic rings. The van der Waals surface area contributed by atoms with Gasteiger partial charge in [-0.3, -0.25) is 4.68 Å². The SMILES string of the molecule is CCCC(C)C(N)Cc1cc(CC)nn1CC. The Kier molecular flexibility index (Phi) is 5.69. The molecule has 1 aromatic rings. The van der Waals surface area contributed by atoms with Gasteiger partial charge in [-0.1, -0.05) is 27.2 Å². The molecule has 0 aliphatic heterocycles. The Bertz CT molecular complexity index is 330. The van der Waals surface area contributed by atoms with Gasteiger partial charge in [0.2, 0.25) is 0 Å². The zero-order valence-electron chi connectivity index (χ0n) is 11.7. The van der Waals surface area contributed by atoms with Gasteiger partial charge in [-0.25, -0.2) is 0 Å². The first-order chi connectivity index (χ1) is 8.12. The van der Waals surface area contributed by atoms with E-state index in [1.54, 1.807) is 0 Å². The van der Waals surface area contributed by atoms with Gasteiger partial charge in [0.15, 0.2) is 0 Å². The summed E-state index contributed by atoms with van der Waals surface area (Å²) in [5.41, 5.74) is 8.74. The number of nitrogens with zero attached hydrogens (tertiary/aromatic N) is 2. The highest BCUT2D eigenvalue weighted by Crippen LogP contribution is 2.15. The number of hydrogen-bond donors (Lipinski definition) is 1. The monoisotopic (exact) mass is 237 g/mol. The molecule has 0 spiro atoms. The smallest absolute Gasteiger partial charge is 0.0624 e. The van der Waals surface area contributed by atoms with Gasteiger partial charge in [-0.05, 0) is 31.7 Å². The molecule has 0 saturated heterocycles. The van der Waals surface area contributed by atoms with Crippen LogP contribution < -0.4 is 5.73 Å². The molecular weight excluding hydrogens is 210 g/mol. The second-order valence-electron chi connectivity index (χ2n) is 4.93. The topological polar surface area (TPSA) is 43.8 Å². The first-order valence-corrected chi connectivity index (χ1v) is 6.93. The highest BCUT2D eigenvalue weighted by Gasteiger charge is 2.15. The minimum absolute atomic E-state index is 0.252. The quantitative estimate of drug-likeness (QED) is 0.792. The standard InChI is InChI=1S/C14H27N3/c1-5-8-11(4)14(15)10-13-9-12(6-2)16-17(13)7-3/h9,11,14H,5-8,10,15H2,1-4H3. The van der Waals surface area contributed by atoms with Crippen molar-refractivity contribution < 1.29 is 0 Å². The maximum absolute atomic E-state index is 6.27. The van der Waals surface area contributed by atoms with Crippen LogP contribution in [0.5, 0.6) is 0 Å². The summed E-state index contributed by atoms with van der Waals surface area (Å²) in [6, 6.07) is 2.46. The molecule has 0 fully saturated rings. The second-order valence-corrected chi connectivity index (χ2v) is 4.93. The van der Waals surface area contributed by atoms with Gasteiger partial charge < -0.3 is 5.73 Å². The third kappa shape index (κ3) is 3.84. The van der Waals surface area contributed by atoms with Gasteiger partial charge >= 0.3 is 0 Å². The van der Waals surface area contributed by atoms with Gasteiger partial charge in [0, 0.05) is 24.7 Å². The van der Waals surface area contributed by atoms with E-state index in [0.717, 1.165) is 19.4 Å². The van der Waals surface area contributed by atoms with Crippen LogP contribution >= 0.6 is 0 Å². The van der Waals surface area contributed by atoms with E-state index in [4.69, 9.17) is 5.73 Å². The maximum atomic E-state index is 6.27. The van der Waals surface area contributed by atoms with E-state index in [1.165, 1.54) is 24.2 Å². The van der Waals surface area contributed by atoms with Crippen molar-refractivity contribution in [2.75, 3.05) is 0 Å². The molecule has 2 atom stereocenters. The van der Waals surface area contributed by atoms with Crippen molar-refractivity contribution in [3.05, 3.63) is 17.5 Å². The second kappa shape index (κ2) is 6.80. The minimum Gasteiger partial charge on any atom is -0.327 e. The highest BCUT2D eigenvalue weighted by atomic mass is 15.3. The summed E-state index contributed by atoms with van der Waals surface area (Å²) in [5.74, 6) is 0.588. The van der Waals surface area contributed by atoms with E-state index in [1.807, 2.05) is 0 Å². The molecule has 0 saturated carbocycles. The lowest BCUT2D eigenvalue weighted by atomic mass is 9.94. The summed E-state index contributed by atoms with van der Waals surface area (Å²) in [7, 11) is 0. The summed E-state index contributed by atoms with van der Waals surface area (Å²) in [5, 5.41) is 4.57. The van der Waals surface area contributed by atoms with E-state index >= 15 is 0 Å². The Hall–Kier alpha value is -0.830. The minimum atomic E-state index is 0.252. The molecule has 98 valence electrons. The van der Waals surface area contributed by atoms with Crippen molar-refractivity contribution in [2.24, 2.45) is 11.7 Å². The lowest BCUT2D eigenvalue weighted by molar-refractivity contribution is 0.410. The highest BCUT2D eigenvalue weighted by molar-refractivity contribution is 5.12. The van der Waals surface area contributed by atoms with Crippen molar-refractivity contribution in [1.82, 2.24) is 9.78 Å². The average Bonchev–Trinajstić information content (AvgIpc) is 2.71. The van der Waals surface area contributed by atoms with Gasteiger partial charge in [0.1, 0.15) is 0 Å². The number of hydrogen-bond acceptors (Lipinski definition) is 2. The zero-order chi connectivity index (χ0) is 12.8. The van der Waals surface area contributed by atoms with Crippen molar-refractivity contribution in [3.8, 4) is 0 Å². The van der Waals surface area contributed by atoms with Crippen LogP contribution in [-0.4, -0.2) is 15.8 Å². The van der Waals surface area contributed by atoms with Crippen LogP contribution in [0.25, 0.3) is 0 Å². The molecule has 1 heterocycles. The number of aryl methyl sites for hydroxylation is 2. The molecule has 3 nitrogen and oxygen atoms in total. The molecular formula is C14H27N3.